The van der Waals surface area contributed by atoms with Gasteiger partial charge in [-0.1, -0.05) is 58.5 Å². The fraction of sp³-hybridized carbons (Fsp3) is 0.238. The molecule has 0 bridgehead atoms. The van der Waals surface area contributed by atoms with Crippen molar-refractivity contribution in [3.63, 3.8) is 0 Å². The minimum Gasteiger partial charge on any atom is -0.353 e. The van der Waals surface area contributed by atoms with Crippen molar-refractivity contribution in [3.8, 4) is 0 Å². The molecule has 0 spiro atoms. The zero-order chi connectivity index (χ0) is 19.8. The van der Waals surface area contributed by atoms with Crippen molar-refractivity contribution in [3.05, 3.63) is 73.2 Å². The van der Waals surface area contributed by atoms with Crippen LogP contribution in [0.5, 0.6) is 0 Å². The third-order valence-corrected chi connectivity index (χ3v) is 6.47. The minimum absolute atomic E-state index is 0.0332. The number of rotatable bonds is 2. The SMILES string of the molecule is S=C1N=C2/C(=C\c3ccc(Cl)cc3Cl)CCC[C@@H]2[C@@H](c2ccc(Cl)cc2Cl)N1. The van der Waals surface area contributed by atoms with Gasteiger partial charge in [-0.3, -0.25) is 0 Å². The molecule has 0 aromatic heterocycles. The van der Waals surface area contributed by atoms with Gasteiger partial charge in [0.2, 0.25) is 0 Å². The molecule has 144 valence electrons. The van der Waals surface area contributed by atoms with E-state index in [0.717, 1.165) is 41.7 Å². The maximum absolute atomic E-state index is 6.49. The van der Waals surface area contributed by atoms with Crippen LogP contribution in [0.3, 0.4) is 0 Å². The number of aliphatic imine (C=N–C) groups is 1. The monoisotopic (exact) mass is 468 g/mol. The first-order valence-electron chi connectivity index (χ1n) is 8.92. The number of fused-ring (bicyclic) bond motifs is 1. The lowest BCUT2D eigenvalue weighted by Crippen LogP contribution is -2.43. The van der Waals surface area contributed by atoms with Gasteiger partial charge < -0.3 is 5.32 Å². The topological polar surface area (TPSA) is 24.4 Å². The van der Waals surface area contributed by atoms with Crippen LogP contribution in [0.1, 0.15) is 36.4 Å². The van der Waals surface area contributed by atoms with E-state index in [0.29, 0.717) is 25.2 Å². The standard InChI is InChI=1S/C21H16Cl4N2S/c22-13-5-4-11(17(24)9-13)8-12-2-1-3-16-19(12)26-21(28)27-20(16)15-7-6-14(23)10-18(15)25/h4-10,16,20H,1-3H2,(H,27,28)/b12-8-/t16-,20+/m0/s1. The maximum atomic E-state index is 6.49. The summed E-state index contributed by atoms with van der Waals surface area (Å²) in [5.74, 6) is 0.177. The first-order chi connectivity index (χ1) is 13.4. The second-order valence-corrected chi connectivity index (χ2v) is 9.00. The van der Waals surface area contributed by atoms with Crippen LogP contribution in [0.2, 0.25) is 20.1 Å². The molecule has 2 aliphatic rings. The van der Waals surface area contributed by atoms with Gasteiger partial charge in [0.1, 0.15) is 0 Å². The third-order valence-electron chi connectivity index (χ3n) is 5.13. The molecule has 1 N–H and O–H groups in total. The number of hydrogen-bond acceptors (Lipinski definition) is 1. The number of nitrogens with one attached hydrogen (secondary N) is 1. The Kier molecular flexibility index (Phi) is 6.01. The predicted molar refractivity (Wildman–Crippen MR) is 124 cm³/mol. The number of benzene rings is 2. The molecule has 2 atom stereocenters. The Morgan fingerprint density at radius 1 is 1.00 bits per heavy atom. The Hall–Kier alpha value is -1.10. The molecule has 2 aromatic rings. The van der Waals surface area contributed by atoms with Gasteiger partial charge in [-0.15, -0.1) is 0 Å². The number of nitrogens with zero attached hydrogens (tertiary/aromatic N) is 1. The molecule has 0 saturated heterocycles. The minimum atomic E-state index is -0.0332. The Morgan fingerprint density at radius 2 is 1.71 bits per heavy atom. The number of hydrogen-bond donors (Lipinski definition) is 1. The lowest BCUT2D eigenvalue weighted by molar-refractivity contribution is 0.441. The first-order valence-corrected chi connectivity index (χ1v) is 10.8. The first kappa shape index (κ1) is 20.2. The molecular formula is C21H16Cl4N2S. The Morgan fingerprint density at radius 3 is 2.43 bits per heavy atom. The molecule has 2 nitrogen and oxygen atoms in total. The highest BCUT2D eigenvalue weighted by Gasteiger charge is 2.36. The quantitative estimate of drug-likeness (QED) is 0.459. The fourth-order valence-electron chi connectivity index (χ4n) is 3.87. The number of allylic oxidation sites excluding steroid dienone is 1. The van der Waals surface area contributed by atoms with Crippen molar-refractivity contribution >= 4 is 75.5 Å². The molecule has 2 aromatic carbocycles. The van der Waals surface area contributed by atoms with Gasteiger partial charge >= 0.3 is 0 Å². The lowest BCUT2D eigenvalue weighted by Gasteiger charge is -2.38. The van der Waals surface area contributed by atoms with Crippen molar-refractivity contribution in [2.24, 2.45) is 10.9 Å². The molecule has 4 rings (SSSR count). The lowest BCUT2D eigenvalue weighted by atomic mass is 9.76. The van der Waals surface area contributed by atoms with Gasteiger partial charge in [0.15, 0.2) is 5.11 Å². The third kappa shape index (κ3) is 4.10. The van der Waals surface area contributed by atoms with Crippen molar-refractivity contribution in [2.75, 3.05) is 0 Å². The second kappa shape index (κ2) is 8.33. The van der Waals surface area contributed by atoms with Gasteiger partial charge in [-0.05, 0) is 78.5 Å². The largest absolute Gasteiger partial charge is 0.353 e. The van der Waals surface area contributed by atoms with E-state index in [2.05, 4.69) is 16.4 Å². The Bertz CT molecular complexity index is 1020. The van der Waals surface area contributed by atoms with E-state index >= 15 is 0 Å². The average molecular weight is 470 g/mol. The van der Waals surface area contributed by atoms with E-state index in [-0.39, 0.29) is 12.0 Å². The van der Waals surface area contributed by atoms with Crippen molar-refractivity contribution < 1.29 is 0 Å². The summed E-state index contributed by atoms with van der Waals surface area (Å²) in [5, 5.41) is 6.29. The van der Waals surface area contributed by atoms with Crippen LogP contribution >= 0.6 is 58.6 Å². The molecular weight excluding hydrogens is 454 g/mol. The smallest absolute Gasteiger partial charge is 0.193 e. The highest BCUT2D eigenvalue weighted by Crippen LogP contribution is 2.41. The molecule has 1 aliphatic carbocycles. The summed E-state index contributed by atoms with van der Waals surface area (Å²) in [7, 11) is 0. The van der Waals surface area contributed by atoms with Crippen LogP contribution in [0.25, 0.3) is 6.08 Å². The zero-order valence-corrected chi connectivity index (χ0v) is 18.5. The zero-order valence-electron chi connectivity index (χ0n) is 14.7. The number of halogens is 4. The maximum Gasteiger partial charge on any atom is 0.193 e. The van der Waals surface area contributed by atoms with Gasteiger partial charge in [-0.25, -0.2) is 4.99 Å². The van der Waals surface area contributed by atoms with Gasteiger partial charge in [0.05, 0.1) is 11.8 Å². The summed E-state index contributed by atoms with van der Waals surface area (Å²) < 4.78 is 0. The summed E-state index contributed by atoms with van der Waals surface area (Å²) in [6.07, 6.45) is 5.08. The highest BCUT2D eigenvalue weighted by atomic mass is 35.5. The average Bonchev–Trinajstić information content (AvgIpc) is 2.64. The molecule has 0 radical (unpaired) electrons. The van der Waals surface area contributed by atoms with Gasteiger partial charge in [0, 0.05) is 26.0 Å². The molecule has 1 aliphatic heterocycles. The molecule has 1 saturated carbocycles. The van der Waals surface area contributed by atoms with Crippen LogP contribution in [-0.2, 0) is 0 Å². The van der Waals surface area contributed by atoms with Crippen molar-refractivity contribution in [1.29, 1.82) is 0 Å². The van der Waals surface area contributed by atoms with E-state index in [1.807, 2.05) is 24.3 Å². The summed E-state index contributed by atoms with van der Waals surface area (Å²) in [6, 6.07) is 11.1. The predicted octanol–water partition coefficient (Wildman–Crippen LogP) is 7.55. The van der Waals surface area contributed by atoms with E-state index in [1.54, 1.807) is 12.1 Å². The highest BCUT2D eigenvalue weighted by molar-refractivity contribution is 7.80. The van der Waals surface area contributed by atoms with Crippen LogP contribution in [0, 0.1) is 5.92 Å². The molecule has 0 unspecified atom stereocenters. The summed E-state index contributed by atoms with van der Waals surface area (Å²) in [6.45, 7) is 0. The molecule has 1 heterocycles. The molecule has 1 fully saturated rings. The molecule has 28 heavy (non-hydrogen) atoms. The van der Waals surface area contributed by atoms with Crippen LogP contribution < -0.4 is 5.32 Å². The van der Waals surface area contributed by atoms with Crippen LogP contribution in [0.4, 0.5) is 0 Å². The van der Waals surface area contributed by atoms with Gasteiger partial charge in [0.25, 0.3) is 0 Å². The van der Waals surface area contributed by atoms with Crippen molar-refractivity contribution in [2.45, 2.75) is 25.3 Å². The van der Waals surface area contributed by atoms with E-state index in [4.69, 9.17) is 58.6 Å². The molecule has 0 amide bonds. The van der Waals surface area contributed by atoms with Crippen LogP contribution in [0.15, 0.2) is 47.0 Å². The van der Waals surface area contributed by atoms with E-state index in [1.165, 1.54) is 0 Å². The Balaban J connectivity index is 1.74. The van der Waals surface area contributed by atoms with Crippen molar-refractivity contribution in [1.82, 2.24) is 5.32 Å². The normalized spacial score (nSPS) is 23.2. The summed E-state index contributed by atoms with van der Waals surface area (Å²) in [5.41, 5.74) is 4.07. The summed E-state index contributed by atoms with van der Waals surface area (Å²) >= 11 is 30.4. The number of thiocarbonyl (C=S) groups is 1. The summed E-state index contributed by atoms with van der Waals surface area (Å²) in [4.78, 5) is 4.68. The Labute approximate surface area is 189 Å². The molecule has 7 heteroatoms. The fourth-order valence-corrected chi connectivity index (χ4v) is 5.08. The van der Waals surface area contributed by atoms with Gasteiger partial charge in [-0.2, -0.15) is 0 Å². The second-order valence-electron chi connectivity index (χ2n) is 6.92. The van der Waals surface area contributed by atoms with E-state index < -0.39 is 0 Å². The van der Waals surface area contributed by atoms with E-state index in [9.17, 15) is 0 Å². The van der Waals surface area contributed by atoms with Crippen LogP contribution in [-0.4, -0.2) is 10.8 Å².